The number of carbonyl (C=O) groups excluding carboxylic acids is 1. The Morgan fingerprint density at radius 2 is 1.74 bits per heavy atom. The van der Waals surface area contributed by atoms with Crippen LogP contribution in [0.4, 0.5) is 0 Å². The van der Waals surface area contributed by atoms with Crippen molar-refractivity contribution in [2.45, 2.75) is 65.7 Å². The average molecular weight is 265 g/mol. The normalized spacial score (nSPS) is 11.8. The first-order valence-corrected chi connectivity index (χ1v) is 7.77. The Morgan fingerprint density at radius 1 is 1.05 bits per heavy atom. The van der Waals surface area contributed by atoms with Crippen molar-refractivity contribution in [1.29, 1.82) is 0 Å². The molecule has 0 aliphatic carbocycles. The summed E-state index contributed by atoms with van der Waals surface area (Å²) in [4.78, 5) is 11.4. The quantitative estimate of drug-likeness (QED) is 0.329. The molecule has 2 heteroatoms. The van der Waals surface area contributed by atoms with Crippen molar-refractivity contribution >= 4 is 5.91 Å². The molecule has 0 aromatic carbocycles. The van der Waals surface area contributed by atoms with Crippen LogP contribution in [0.1, 0.15) is 65.7 Å². The minimum atomic E-state index is -0.00193. The molecule has 0 aliphatic rings. The van der Waals surface area contributed by atoms with Crippen LogP contribution in [0.2, 0.25) is 0 Å². The number of hydrogen-bond donors (Lipinski definition) is 1. The van der Waals surface area contributed by atoms with Gasteiger partial charge in [-0.3, -0.25) is 4.79 Å². The predicted molar refractivity (Wildman–Crippen MR) is 84.1 cm³/mol. The molecule has 1 N–H and O–H groups in total. The van der Waals surface area contributed by atoms with Gasteiger partial charge in [-0.1, -0.05) is 71.1 Å². The minimum absolute atomic E-state index is 0.00193. The maximum Gasteiger partial charge on any atom is 0.243 e. The Hall–Kier alpha value is -1.05. The summed E-state index contributed by atoms with van der Waals surface area (Å²) < 4.78 is 0. The summed E-state index contributed by atoms with van der Waals surface area (Å²) in [6.45, 7) is 7.16. The second-order valence-electron chi connectivity index (χ2n) is 5.48. The highest BCUT2D eigenvalue weighted by Crippen LogP contribution is 2.07. The lowest BCUT2D eigenvalue weighted by Gasteiger charge is -2.03. The summed E-state index contributed by atoms with van der Waals surface area (Å²) in [7, 11) is 0. The summed E-state index contributed by atoms with van der Waals surface area (Å²) in [5, 5.41) is 2.85. The number of carbonyl (C=O) groups is 1. The zero-order valence-corrected chi connectivity index (χ0v) is 13.0. The molecule has 0 aromatic heterocycles. The van der Waals surface area contributed by atoms with Gasteiger partial charge in [0.25, 0.3) is 0 Å². The summed E-state index contributed by atoms with van der Waals surface area (Å²) in [5.41, 5.74) is 0. The molecular formula is C17H31NO. The molecular weight excluding hydrogens is 234 g/mol. The zero-order valence-electron chi connectivity index (χ0n) is 13.0. The van der Waals surface area contributed by atoms with Crippen molar-refractivity contribution < 1.29 is 4.79 Å². The van der Waals surface area contributed by atoms with E-state index in [1.54, 1.807) is 6.08 Å². The second kappa shape index (κ2) is 13.4. The van der Waals surface area contributed by atoms with E-state index in [0.717, 1.165) is 13.0 Å². The lowest BCUT2D eigenvalue weighted by atomic mass is 10.1. The Labute approximate surface area is 119 Å². The van der Waals surface area contributed by atoms with E-state index in [4.69, 9.17) is 0 Å². The molecule has 0 saturated carbocycles. The molecule has 0 heterocycles. The van der Waals surface area contributed by atoms with Gasteiger partial charge in [0.15, 0.2) is 0 Å². The highest BCUT2D eigenvalue weighted by Gasteiger charge is 1.95. The monoisotopic (exact) mass is 265 g/mol. The van der Waals surface area contributed by atoms with Gasteiger partial charge in [-0.15, -0.1) is 0 Å². The van der Waals surface area contributed by atoms with Crippen LogP contribution in [0.25, 0.3) is 0 Å². The minimum Gasteiger partial charge on any atom is -0.352 e. The lowest BCUT2D eigenvalue weighted by Crippen LogP contribution is -2.25. The largest absolute Gasteiger partial charge is 0.352 e. The third kappa shape index (κ3) is 14.9. The van der Waals surface area contributed by atoms with Gasteiger partial charge < -0.3 is 5.32 Å². The highest BCUT2D eigenvalue weighted by atomic mass is 16.1. The fourth-order valence-corrected chi connectivity index (χ4v) is 1.72. The number of allylic oxidation sites excluding steroid dienone is 3. The molecule has 1 amide bonds. The predicted octanol–water partition coefficient (Wildman–Crippen LogP) is 4.62. The van der Waals surface area contributed by atoms with E-state index in [0.29, 0.717) is 5.92 Å². The Balaban J connectivity index is 3.43. The molecule has 2 nitrogen and oxygen atoms in total. The van der Waals surface area contributed by atoms with Crippen LogP contribution in [-0.4, -0.2) is 12.5 Å². The van der Waals surface area contributed by atoms with Crippen LogP contribution < -0.4 is 5.32 Å². The fraction of sp³-hybridized carbons (Fsp3) is 0.706. The molecule has 0 saturated heterocycles. The molecule has 0 radical (unpaired) electrons. The van der Waals surface area contributed by atoms with Crippen molar-refractivity contribution in [1.82, 2.24) is 5.32 Å². The van der Waals surface area contributed by atoms with Gasteiger partial charge in [-0.25, -0.2) is 0 Å². The molecule has 0 aliphatic heterocycles. The number of nitrogens with one attached hydrogen (secondary N) is 1. The summed E-state index contributed by atoms with van der Waals surface area (Å²) in [6, 6.07) is 0. The van der Waals surface area contributed by atoms with Crippen LogP contribution in [-0.2, 0) is 4.79 Å². The van der Waals surface area contributed by atoms with E-state index in [9.17, 15) is 4.79 Å². The van der Waals surface area contributed by atoms with Crippen molar-refractivity contribution in [2.24, 2.45) is 5.92 Å². The smallest absolute Gasteiger partial charge is 0.243 e. The molecule has 19 heavy (non-hydrogen) atoms. The first-order valence-electron chi connectivity index (χ1n) is 7.77. The molecule has 0 fully saturated rings. The molecule has 0 rings (SSSR count). The topological polar surface area (TPSA) is 29.1 Å². The molecule has 0 unspecified atom stereocenters. The Bertz CT molecular complexity index is 266. The zero-order chi connectivity index (χ0) is 14.3. The summed E-state index contributed by atoms with van der Waals surface area (Å²) in [6.07, 6.45) is 16.6. The van der Waals surface area contributed by atoms with E-state index >= 15 is 0 Å². The summed E-state index contributed by atoms with van der Waals surface area (Å²) in [5.74, 6) is 0.499. The third-order valence-corrected chi connectivity index (χ3v) is 2.90. The van der Waals surface area contributed by atoms with Gasteiger partial charge >= 0.3 is 0 Å². The lowest BCUT2D eigenvalue weighted by molar-refractivity contribution is -0.116. The van der Waals surface area contributed by atoms with E-state index in [1.165, 1.54) is 38.5 Å². The van der Waals surface area contributed by atoms with E-state index in [-0.39, 0.29) is 5.91 Å². The maximum absolute atomic E-state index is 11.4. The van der Waals surface area contributed by atoms with Gasteiger partial charge in [0.1, 0.15) is 0 Å². The molecule has 0 aromatic rings. The van der Waals surface area contributed by atoms with Crippen LogP contribution in [0.5, 0.6) is 0 Å². The third-order valence-electron chi connectivity index (χ3n) is 2.90. The average Bonchev–Trinajstić information content (AvgIpc) is 2.38. The van der Waals surface area contributed by atoms with Crippen molar-refractivity contribution in [3.05, 3.63) is 24.3 Å². The van der Waals surface area contributed by atoms with E-state index < -0.39 is 0 Å². The highest BCUT2D eigenvalue weighted by molar-refractivity contribution is 5.87. The molecule has 110 valence electrons. The fourth-order valence-electron chi connectivity index (χ4n) is 1.72. The maximum atomic E-state index is 11.4. The number of unbranched alkanes of at least 4 members (excludes halogenated alkanes) is 6. The number of hydrogen-bond acceptors (Lipinski definition) is 1. The van der Waals surface area contributed by atoms with Crippen LogP contribution in [0, 0.1) is 5.92 Å². The van der Waals surface area contributed by atoms with Crippen molar-refractivity contribution in [3.63, 3.8) is 0 Å². The van der Waals surface area contributed by atoms with Crippen LogP contribution in [0.3, 0.4) is 0 Å². The van der Waals surface area contributed by atoms with E-state index in [2.05, 4.69) is 32.2 Å². The van der Waals surface area contributed by atoms with Crippen molar-refractivity contribution in [2.75, 3.05) is 6.54 Å². The van der Waals surface area contributed by atoms with E-state index in [1.807, 2.05) is 12.2 Å². The molecule has 0 bridgehead atoms. The van der Waals surface area contributed by atoms with Gasteiger partial charge in [0, 0.05) is 12.6 Å². The molecule has 0 spiro atoms. The van der Waals surface area contributed by atoms with Crippen LogP contribution in [0.15, 0.2) is 24.3 Å². The molecule has 0 atom stereocenters. The van der Waals surface area contributed by atoms with Crippen LogP contribution >= 0.6 is 0 Å². The van der Waals surface area contributed by atoms with Crippen molar-refractivity contribution in [3.8, 4) is 0 Å². The van der Waals surface area contributed by atoms with Gasteiger partial charge in [0.05, 0.1) is 0 Å². The standard InChI is InChI=1S/C17H31NO/c1-4-5-6-7-8-9-10-11-12-13-14-17(19)18-15-16(2)3/h11-14,16H,4-10,15H2,1-3H3,(H,18,19). The first-order chi connectivity index (χ1) is 9.16. The Kier molecular flexibility index (Phi) is 12.6. The second-order valence-corrected chi connectivity index (χ2v) is 5.48. The van der Waals surface area contributed by atoms with Gasteiger partial charge in [-0.2, -0.15) is 0 Å². The number of amides is 1. The SMILES string of the molecule is CCCCCCCCC=CC=CC(=O)NCC(C)C. The first kappa shape index (κ1) is 17.9. The van der Waals surface area contributed by atoms with Gasteiger partial charge in [-0.05, 0) is 18.8 Å². The van der Waals surface area contributed by atoms with Gasteiger partial charge in [0.2, 0.25) is 5.91 Å². The number of rotatable bonds is 11. The Morgan fingerprint density at radius 3 is 2.42 bits per heavy atom. The summed E-state index contributed by atoms with van der Waals surface area (Å²) >= 11 is 0.